The fourth-order valence-electron chi connectivity index (χ4n) is 1.35. The molecule has 0 aromatic rings. The number of carbonyl (C=O) groups excluding carboxylic acids is 1. The Hall–Kier alpha value is -0.610. The van der Waals surface area contributed by atoms with Crippen molar-refractivity contribution in [1.82, 2.24) is 5.32 Å². The highest BCUT2D eigenvalue weighted by atomic mass is 16.5. The Morgan fingerprint density at radius 1 is 1.56 bits per heavy atom. The van der Waals surface area contributed by atoms with Gasteiger partial charge in [0.15, 0.2) is 0 Å². The van der Waals surface area contributed by atoms with Crippen LogP contribution in [0.2, 0.25) is 0 Å². The topological polar surface area (TPSA) is 58.6 Å². The average molecular weight is 229 g/mol. The van der Waals surface area contributed by atoms with Crippen molar-refractivity contribution in [2.24, 2.45) is 11.8 Å². The molecule has 2 N–H and O–H groups in total. The van der Waals surface area contributed by atoms with E-state index >= 15 is 0 Å². The Balaban J connectivity index is 1.99. The maximum Gasteiger partial charge on any atom is 0.246 e. The Kier molecular flexibility index (Phi) is 5.77. The van der Waals surface area contributed by atoms with Gasteiger partial charge in [0.25, 0.3) is 0 Å². The van der Waals surface area contributed by atoms with Crippen LogP contribution in [0.25, 0.3) is 0 Å². The minimum Gasteiger partial charge on any atom is -0.391 e. The molecule has 4 nitrogen and oxygen atoms in total. The first-order chi connectivity index (χ1) is 7.63. The summed E-state index contributed by atoms with van der Waals surface area (Å²) in [6.07, 6.45) is 2.91. The molecule has 1 saturated carbocycles. The van der Waals surface area contributed by atoms with E-state index in [0.29, 0.717) is 19.1 Å². The molecule has 2 unspecified atom stereocenters. The van der Waals surface area contributed by atoms with Gasteiger partial charge in [0.05, 0.1) is 12.7 Å². The van der Waals surface area contributed by atoms with Crippen LogP contribution in [0, 0.1) is 11.8 Å². The third-order valence-electron chi connectivity index (χ3n) is 3.09. The van der Waals surface area contributed by atoms with Gasteiger partial charge in [0, 0.05) is 6.54 Å². The number of hydrogen-bond acceptors (Lipinski definition) is 3. The van der Waals surface area contributed by atoms with Gasteiger partial charge in [0.2, 0.25) is 5.91 Å². The number of carbonyl (C=O) groups is 1. The fourth-order valence-corrected chi connectivity index (χ4v) is 1.35. The Morgan fingerprint density at radius 2 is 2.25 bits per heavy atom. The van der Waals surface area contributed by atoms with Gasteiger partial charge >= 0.3 is 0 Å². The van der Waals surface area contributed by atoms with Crippen molar-refractivity contribution >= 4 is 5.91 Å². The van der Waals surface area contributed by atoms with Crippen molar-refractivity contribution in [2.75, 3.05) is 19.8 Å². The molecule has 0 radical (unpaired) electrons. The van der Waals surface area contributed by atoms with Gasteiger partial charge in [-0.1, -0.05) is 20.3 Å². The molecule has 1 amide bonds. The average Bonchev–Trinajstić information content (AvgIpc) is 3.08. The van der Waals surface area contributed by atoms with Crippen LogP contribution in [0.4, 0.5) is 0 Å². The lowest BCUT2D eigenvalue weighted by atomic mass is 10.0. The van der Waals surface area contributed by atoms with Crippen molar-refractivity contribution in [2.45, 2.75) is 39.2 Å². The number of amides is 1. The van der Waals surface area contributed by atoms with Gasteiger partial charge in [-0.3, -0.25) is 4.79 Å². The smallest absolute Gasteiger partial charge is 0.246 e. The van der Waals surface area contributed by atoms with Crippen molar-refractivity contribution in [3.05, 3.63) is 0 Å². The minimum atomic E-state index is -0.461. The van der Waals surface area contributed by atoms with Gasteiger partial charge in [-0.05, 0) is 24.7 Å². The number of rotatable bonds is 8. The van der Waals surface area contributed by atoms with Gasteiger partial charge < -0.3 is 15.2 Å². The van der Waals surface area contributed by atoms with E-state index in [1.165, 1.54) is 12.8 Å². The molecule has 1 rings (SSSR count). The van der Waals surface area contributed by atoms with Crippen molar-refractivity contribution in [3.8, 4) is 0 Å². The van der Waals surface area contributed by atoms with E-state index in [2.05, 4.69) is 5.32 Å². The molecule has 0 aliphatic heterocycles. The van der Waals surface area contributed by atoms with Gasteiger partial charge in [-0.25, -0.2) is 0 Å². The van der Waals surface area contributed by atoms with Crippen LogP contribution in [-0.2, 0) is 9.53 Å². The monoisotopic (exact) mass is 229 g/mol. The molecule has 0 aromatic carbocycles. The number of nitrogens with one attached hydrogen (secondary N) is 1. The van der Waals surface area contributed by atoms with Gasteiger partial charge in [-0.2, -0.15) is 0 Å². The second-order valence-electron chi connectivity index (χ2n) is 4.72. The summed E-state index contributed by atoms with van der Waals surface area (Å²) in [5.74, 6) is 0.759. The third kappa shape index (κ3) is 5.47. The van der Waals surface area contributed by atoms with E-state index in [4.69, 9.17) is 4.74 Å². The van der Waals surface area contributed by atoms with Crippen LogP contribution >= 0.6 is 0 Å². The molecule has 2 atom stereocenters. The molecule has 0 saturated heterocycles. The van der Waals surface area contributed by atoms with Gasteiger partial charge in [0.1, 0.15) is 6.61 Å². The molecule has 1 aliphatic rings. The lowest BCUT2D eigenvalue weighted by molar-refractivity contribution is -0.126. The molecular weight excluding hydrogens is 206 g/mol. The van der Waals surface area contributed by atoms with Crippen LogP contribution in [0.15, 0.2) is 0 Å². The first-order valence-electron chi connectivity index (χ1n) is 6.16. The summed E-state index contributed by atoms with van der Waals surface area (Å²) in [5, 5.41) is 12.3. The maximum atomic E-state index is 11.3. The predicted molar refractivity (Wildman–Crippen MR) is 62.0 cm³/mol. The summed E-state index contributed by atoms with van der Waals surface area (Å²) in [6, 6.07) is 0. The molecule has 0 spiro atoms. The lowest BCUT2D eigenvalue weighted by Gasteiger charge is -2.17. The van der Waals surface area contributed by atoms with Crippen LogP contribution < -0.4 is 5.32 Å². The molecular formula is C12H23NO3. The Labute approximate surface area is 97.4 Å². The van der Waals surface area contributed by atoms with Crippen molar-refractivity contribution in [3.63, 3.8) is 0 Å². The standard InChI is InChI=1S/C12H23NO3/c1-3-9(2)11(14)6-13-12(15)8-16-7-10-4-5-10/h9-11,14H,3-8H2,1-2H3,(H,13,15). The first kappa shape index (κ1) is 13.5. The molecule has 16 heavy (non-hydrogen) atoms. The van der Waals surface area contributed by atoms with Crippen molar-refractivity contribution in [1.29, 1.82) is 0 Å². The highest BCUT2D eigenvalue weighted by Gasteiger charge is 2.21. The molecule has 1 fully saturated rings. The highest BCUT2D eigenvalue weighted by Crippen LogP contribution is 2.28. The molecule has 1 aliphatic carbocycles. The second kappa shape index (κ2) is 6.86. The summed E-state index contributed by atoms with van der Waals surface area (Å²) in [6.45, 7) is 5.13. The second-order valence-corrected chi connectivity index (χ2v) is 4.72. The maximum absolute atomic E-state index is 11.3. The molecule has 0 bridgehead atoms. The quantitative estimate of drug-likeness (QED) is 0.651. The van der Waals surface area contributed by atoms with Crippen LogP contribution in [-0.4, -0.2) is 36.9 Å². The van der Waals surface area contributed by atoms with E-state index in [-0.39, 0.29) is 18.4 Å². The Morgan fingerprint density at radius 3 is 2.81 bits per heavy atom. The highest BCUT2D eigenvalue weighted by molar-refractivity contribution is 5.77. The van der Waals surface area contributed by atoms with E-state index in [1.54, 1.807) is 0 Å². The summed E-state index contributed by atoms with van der Waals surface area (Å²) < 4.78 is 5.24. The molecule has 4 heteroatoms. The van der Waals surface area contributed by atoms with Crippen LogP contribution in [0.3, 0.4) is 0 Å². The number of hydrogen-bond donors (Lipinski definition) is 2. The van der Waals surface area contributed by atoms with Crippen LogP contribution in [0.5, 0.6) is 0 Å². The first-order valence-corrected chi connectivity index (χ1v) is 6.16. The van der Waals surface area contributed by atoms with E-state index in [1.807, 2.05) is 13.8 Å². The number of aliphatic hydroxyl groups excluding tert-OH is 1. The summed E-state index contributed by atoms with van der Waals surface area (Å²) in [5.41, 5.74) is 0. The SMILES string of the molecule is CCC(C)C(O)CNC(=O)COCC1CC1. The fraction of sp³-hybridized carbons (Fsp3) is 0.917. The zero-order valence-corrected chi connectivity index (χ0v) is 10.2. The van der Waals surface area contributed by atoms with E-state index < -0.39 is 6.10 Å². The third-order valence-corrected chi connectivity index (χ3v) is 3.09. The zero-order chi connectivity index (χ0) is 12.0. The summed E-state index contributed by atoms with van der Waals surface area (Å²) in [7, 11) is 0. The number of ether oxygens (including phenoxy) is 1. The normalized spacial score (nSPS) is 19.2. The summed E-state index contributed by atoms with van der Waals surface area (Å²) in [4.78, 5) is 11.3. The summed E-state index contributed by atoms with van der Waals surface area (Å²) >= 11 is 0. The van der Waals surface area contributed by atoms with Crippen LogP contribution in [0.1, 0.15) is 33.1 Å². The van der Waals surface area contributed by atoms with Crippen molar-refractivity contribution < 1.29 is 14.6 Å². The zero-order valence-electron chi connectivity index (χ0n) is 10.2. The van der Waals surface area contributed by atoms with Gasteiger partial charge in [-0.15, -0.1) is 0 Å². The number of aliphatic hydroxyl groups is 1. The Bertz CT molecular complexity index is 216. The molecule has 0 heterocycles. The largest absolute Gasteiger partial charge is 0.391 e. The predicted octanol–water partition coefficient (Wildman–Crippen LogP) is 0.936. The van der Waals surface area contributed by atoms with E-state index in [9.17, 15) is 9.90 Å². The minimum absolute atomic E-state index is 0.115. The lowest BCUT2D eigenvalue weighted by Crippen LogP contribution is -2.37. The van der Waals surface area contributed by atoms with E-state index in [0.717, 1.165) is 6.42 Å². The molecule has 0 aromatic heterocycles. The molecule has 94 valence electrons.